The van der Waals surface area contributed by atoms with Crippen LogP contribution in [0.25, 0.3) is 28.1 Å². The van der Waals surface area contributed by atoms with Crippen LogP contribution in [0.15, 0.2) is 47.8 Å². The second-order valence-electron chi connectivity index (χ2n) is 5.42. The van der Waals surface area contributed by atoms with Crippen LogP contribution < -0.4 is 10.1 Å². The predicted octanol–water partition coefficient (Wildman–Crippen LogP) is 3.34. The molecule has 1 fully saturated rings. The molecule has 0 saturated carbocycles. The van der Waals surface area contributed by atoms with Gasteiger partial charge in [-0.1, -0.05) is 6.07 Å². The van der Waals surface area contributed by atoms with Crippen LogP contribution in [0.5, 0.6) is 6.01 Å². The van der Waals surface area contributed by atoms with Gasteiger partial charge in [0.2, 0.25) is 0 Å². The maximum Gasteiger partial charge on any atom is 0.316 e. The zero-order chi connectivity index (χ0) is 16.4. The van der Waals surface area contributed by atoms with Gasteiger partial charge in [0.15, 0.2) is 0 Å². The molecule has 0 atom stereocenters. The fourth-order valence-electron chi connectivity index (χ4n) is 2.71. The molecule has 0 amide bonds. The number of fused-ring (bicyclic) bond motifs is 1. The number of aromatic nitrogens is 3. The number of pyridine rings is 1. The van der Waals surface area contributed by atoms with Crippen LogP contribution in [0.4, 0.5) is 0 Å². The van der Waals surface area contributed by atoms with Crippen LogP contribution in [-0.2, 0) is 0 Å². The highest BCUT2D eigenvalue weighted by molar-refractivity contribution is 8.03. The van der Waals surface area contributed by atoms with E-state index in [2.05, 4.69) is 44.5 Å². The van der Waals surface area contributed by atoms with Gasteiger partial charge in [-0.15, -0.1) is 11.8 Å². The Hall–Kier alpha value is -2.44. The minimum absolute atomic E-state index is 0.369. The smallest absolute Gasteiger partial charge is 0.316 e. The van der Waals surface area contributed by atoms with Gasteiger partial charge in [-0.3, -0.25) is 4.98 Å². The highest BCUT2D eigenvalue weighted by atomic mass is 32.2. The molecule has 2 aromatic heterocycles. The van der Waals surface area contributed by atoms with E-state index in [1.54, 1.807) is 19.5 Å². The Kier molecular flexibility index (Phi) is 4.15. The third kappa shape index (κ3) is 2.98. The summed E-state index contributed by atoms with van der Waals surface area (Å²) in [6.45, 7) is 0.939. The summed E-state index contributed by atoms with van der Waals surface area (Å²) in [5, 5.41) is 4.43. The third-order valence-corrected chi connectivity index (χ3v) is 4.86. The van der Waals surface area contributed by atoms with Crippen LogP contribution in [0.1, 0.15) is 5.56 Å². The molecule has 1 N–H and O–H groups in total. The summed E-state index contributed by atoms with van der Waals surface area (Å²) in [5.74, 6) is 0.982. The van der Waals surface area contributed by atoms with Crippen molar-refractivity contribution in [3.8, 4) is 17.1 Å². The molecule has 3 heterocycles. The first-order valence-corrected chi connectivity index (χ1v) is 8.61. The summed E-state index contributed by atoms with van der Waals surface area (Å²) in [7, 11) is 1.56. The van der Waals surface area contributed by atoms with Gasteiger partial charge < -0.3 is 10.1 Å². The molecule has 0 radical (unpaired) electrons. The molecule has 24 heavy (non-hydrogen) atoms. The largest absolute Gasteiger partial charge is 0.467 e. The quantitative estimate of drug-likeness (QED) is 0.792. The molecular formula is C18H16N4OS. The Morgan fingerprint density at radius 1 is 1.17 bits per heavy atom. The first-order valence-electron chi connectivity index (χ1n) is 7.63. The summed E-state index contributed by atoms with van der Waals surface area (Å²) >= 11 is 1.85. The first kappa shape index (κ1) is 15.1. The number of hydrogen-bond donors (Lipinski definition) is 1. The SMILES string of the molecule is COc1ncc(-c2ccnc3ccc(/C=C4/CNCS4)cc23)cn1. The van der Waals surface area contributed by atoms with Crippen LogP contribution in [0.3, 0.4) is 0 Å². The number of ether oxygens (including phenoxy) is 1. The average molecular weight is 336 g/mol. The molecule has 1 aromatic carbocycles. The van der Waals surface area contributed by atoms with E-state index in [0.29, 0.717) is 6.01 Å². The van der Waals surface area contributed by atoms with Gasteiger partial charge in [-0.25, -0.2) is 9.97 Å². The fraction of sp³-hybridized carbons (Fsp3) is 0.167. The van der Waals surface area contributed by atoms with Gasteiger partial charge in [0.25, 0.3) is 0 Å². The summed E-state index contributed by atoms with van der Waals surface area (Å²) in [4.78, 5) is 14.2. The van der Waals surface area contributed by atoms with Crippen molar-refractivity contribution in [3.05, 3.63) is 53.3 Å². The normalized spacial score (nSPS) is 16.0. The lowest BCUT2D eigenvalue weighted by Crippen LogP contribution is -2.04. The predicted molar refractivity (Wildman–Crippen MR) is 97.8 cm³/mol. The summed E-state index contributed by atoms with van der Waals surface area (Å²) < 4.78 is 5.04. The molecule has 3 aromatic rings. The number of nitrogens with one attached hydrogen (secondary N) is 1. The second kappa shape index (κ2) is 6.59. The van der Waals surface area contributed by atoms with E-state index in [1.807, 2.05) is 24.0 Å². The Labute approximate surface area is 144 Å². The fourth-order valence-corrected chi connectivity index (χ4v) is 3.53. The lowest BCUT2D eigenvalue weighted by atomic mass is 10.0. The molecule has 0 aliphatic carbocycles. The molecule has 1 aliphatic heterocycles. The lowest BCUT2D eigenvalue weighted by Gasteiger charge is -2.07. The van der Waals surface area contributed by atoms with E-state index in [9.17, 15) is 0 Å². The zero-order valence-corrected chi connectivity index (χ0v) is 14.0. The van der Waals surface area contributed by atoms with Crippen molar-refractivity contribution in [3.63, 3.8) is 0 Å². The molecule has 0 spiro atoms. The number of hydrogen-bond acceptors (Lipinski definition) is 6. The Morgan fingerprint density at radius 2 is 2.04 bits per heavy atom. The third-order valence-electron chi connectivity index (χ3n) is 3.87. The standard InChI is InChI=1S/C18H16N4OS/c1-23-18-21-8-13(9-22-18)15-4-5-20-17-3-2-12(7-16(15)17)6-14-10-19-11-24-14/h2-9,19H,10-11H2,1H3/b14-6-. The van der Waals surface area contributed by atoms with Crippen molar-refractivity contribution in [1.82, 2.24) is 20.3 Å². The second-order valence-corrected chi connectivity index (χ2v) is 6.52. The maximum atomic E-state index is 5.04. The minimum Gasteiger partial charge on any atom is -0.467 e. The minimum atomic E-state index is 0.369. The molecule has 0 bridgehead atoms. The van der Waals surface area contributed by atoms with Crippen LogP contribution in [0.2, 0.25) is 0 Å². The molecule has 5 nitrogen and oxygen atoms in total. The van der Waals surface area contributed by atoms with Crippen molar-refractivity contribution < 1.29 is 4.74 Å². The zero-order valence-electron chi connectivity index (χ0n) is 13.2. The van der Waals surface area contributed by atoms with E-state index in [4.69, 9.17) is 4.74 Å². The van der Waals surface area contributed by atoms with E-state index in [0.717, 1.165) is 34.5 Å². The highest BCUT2D eigenvalue weighted by Crippen LogP contribution is 2.29. The van der Waals surface area contributed by atoms with Crippen LogP contribution >= 0.6 is 11.8 Å². The van der Waals surface area contributed by atoms with Gasteiger partial charge >= 0.3 is 6.01 Å². The number of benzene rings is 1. The average Bonchev–Trinajstić information content (AvgIpc) is 3.14. The van der Waals surface area contributed by atoms with E-state index >= 15 is 0 Å². The lowest BCUT2D eigenvalue weighted by molar-refractivity contribution is 0.380. The van der Waals surface area contributed by atoms with Gasteiger partial charge in [0.1, 0.15) is 0 Å². The number of rotatable bonds is 3. The summed E-state index contributed by atoms with van der Waals surface area (Å²) in [5.41, 5.74) is 4.16. The Bertz CT molecular complexity index is 901. The summed E-state index contributed by atoms with van der Waals surface area (Å²) in [6, 6.07) is 8.70. The number of thioether (sulfide) groups is 1. The van der Waals surface area contributed by atoms with Crippen molar-refractivity contribution in [1.29, 1.82) is 0 Å². The molecule has 1 saturated heterocycles. The van der Waals surface area contributed by atoms with Crippen molar-refractivity contribution in [2.24, 2.45) is 0 Å². The van der Waals surface area contributed by atoms with E-state index < -0.39 is 0 Å². The summed E-state index contributed by atoms with van der Waals surface area (Å²) in [6.07, 6.45) is 7.60. The molecule has 1 aliphatic rings. The Morgan fingerprint density at radius 3 is 2.79 bits per heavy atom. The molecule has 120 valence electrons. The van der Waals surface area contributed by atoms with Crippen molar-refractivity contribution >= 4 is 28.7 Å². The van der Waals surface area contributed by atoms with Crippen molar-refractivity contribution in [2.45, 2.75) is 0 Å². The first-order chi connectivity index (χ1) is 11.8. The molecule has 0 unspecified atom stereocenters. The highest BCUT2D eigenvalue weighted by Gasteiger charge is 2.09. The maximum absolute atomic E-state index is 5.04. The molecule has 4 rings (SSSR count). The van der Waals surface area contributed by atoms with E-state index in [-0.39, 0.29) is 0 Å². The number of methoxy groups -OCH3 is 1. The monoisotopic (exact) mass is 336 g/mol. The van der Waals surface area contributed by atoms with E-state index in [1.165, 1.54) is 10.5 Å². The van der Waals surface area contributed by atoms with Gasteiger partial charge in [-0.05, 0) is 35.4 Å². The number of nitrogens with zero attached hydrogens (tertiary/aromatic N) is 3. The van der Waals surface area contributed by atoms with Crippen LogP contribution in [0, 0.1) is 0 Å². The Balaban J connectivity index is 1.80. The van der Waals surface area contributed by atoms with Gasteiger partial charge in [-0.2, -0.15) is 0 Å². The van der Waals surface area contributed by atoms with Gasteiger partial charge in [0, 0.05) is 46.9 Å². The topological polar surface area (TPSA) is 59.9 Å². The molecule has 6 heteroatoms. The van der Waals surface area contributed by atoms with Crippen LogP contribution in [-0.4, -0.2) is 34.5 Å². The molecular weight excluding hydrogens is 320 g/mol. The van der Waals surface area contributed by atoms with Gasteiger partial charge in [0.05, 0.1) is 12.6 Å². The van der Waals surface area contributed by atoms with Crippen molar-refractivity contribution in [2.75, 3.05) is 19.5 Å².